The van der Waals surface area contributed by atoms with Crippen molar-refractivity contribution < 1.29 is 19.4 Å². The van der Waals surface area contributed by atoms with Gasteiger partial charge in [0.25, 0.3) is 5.91 Å². The highest BCUT2D eigenvalue weighted by Gasteiger charge is 2.48. The van der Waals surface area contributed by atoms with Crippen LogP contribution in [0.5, 0.6) is 0 Å². The van der Waals surface area contributed by atoms with Crippen molar-refractivity contribution in [1.29, 1.82) is 0 Å². The molecular formula is C38H56N6O4. The number of benzene rings is 1. The second kappa shape index (κ2) is 16.0. The fourth-order valence-electron chi connectivity index (χ4n) is 7.27. The number of anilines is 2. The Hall–Kier alpha value is -3.21. The van der Waals surface area contributed by atoms with Gasteiger partial charge >= 0.3 is 0 Å². The molecule has 0 spiro atoms. The SMILES string of the molecule is CCCCCCC1OC[C@](CCCCC)(Nc2cc(NCC3CCOCC3)n3ncc(-c4ccc(C(=O)NC5CC5)c(C)c4)c3n2)[C@H]1O. The number of amides is 1. The number of nitrogens with zero attached hydrogens (tertiary/aromatic N) is 3. The standard InChI is InChI=1S/C38H56N6O4/c1-4-6-8-9-11-32-35(45)38(25-48-32,18-10-7-5-2)43-33-22-34(39-23-27-16-19-47-20-17-27)44-36(42-33)31(24-40-44)28-12-15-30(26(3)21-28)37(46)41-29-13-14-29/h12,15,21-22,24,27,29,32,35,39,45H,4-11,13-14,16-20,23,25H2,1-3H3,(H,41,46)(H,42,43)/t32?,35-,38-/m0/s1. The van der Waals surface area contributed by atoms with Crippen LogP contribution in [0.3, 0.4) is 0 Å². The first kappa shape index (κ1) is 34.6. The van der Waals surface area contributed by atoms with Crippen LogP contribution in [-0.2, 0) is 9.47 Å². The minimum absolute atomic E-state index is 0.0139. The molecule has 1 amide bonds. The lowest BCUT2D eigenvalue weighted by Crippen LogP contribution is -2.50. The van der Waals surface area contributed by atoms with Crippen molar-refractivity contribution in [3.05, 3.63) is 41.6 Å². The van der Waals surface area contributed by atoms with E-state index in [9.17, 15) is 9.90 Å². The molecule has 1 saturated carbocycles. The van der Waals surface area contributed by atoms with Gasteiger partial charge in [-0.15, -0.1) is 0 Å². The topological polar surface area (TPSA) is 122 Å². The van der Waals surface area contributed by atoms with Gasteiger partial charge in [-0.05, 0) is 68.6 Å². The van der Waals surface area contributed by atoms with E-state index in [4.69, 9.17) is 19.6 Å². The van der Waals surface area contributed by atoms with Crippen molar-refractivity contribution in [1.82, 2.24) is 19.9 Å². The minimum atomic E-state index is -0.631. The maximum Gasteiger partial charge on any atom is 0.251 e. The van der Waals surface area contributed by atoms with Crippen molar-refractivity contribution in [3.63, 3.8) is 0 Å². The third kappa shape index (κ3) is 8.14. The van der Waals surface area contributed by atoms with Crippen LogP contribution in [0.2, 0.25) is 0 Å². The summed E-state index contributed by atoms with van der Waals surface area (Å²) in [5.74, 6) is 2.05. The minimum Gasteiger partial charge on any atom is -0.388 e. The van der Waals surface area contributed by atoms with Gasteiger partial charge in [0, 0.05) is 43.0 Å². The Balaban J connectivity index is 1.32. The molecule has 6 rings (SSSR count). The molecule has 0 bridgehead atoms. The van der Waals surface area contributed by atoms with Crippen LogP contribution < -0.4 is 16.0 Å². The zero-order valence-electron chi connectivity index (χ0n) is 29.2. The maximum absolute atomic E-state index is 12.8. The molecule has 1 aromatic carbocycles. The normalized spacial score (nSPS) is 23.1. The molecule has 3 fully saturated rings. The maximum atomic E-state index is 12.8. The summed E-state index contributed by atoms with van der Waals surface area (Å²) in [7, 11) is 0. The molecule has 4 heterocycles. The molecule has 2 aliphatic heterocycles. The lowest BCUT2D eigenvalue weighted by Gasteiger charge is -2.34. The molecular weight excluding hydrogens is 604 g/mol. The number of hydrogen-bond donors (Lipinski definition) is 4. The molecule has 48 heavy (non-hydrogen) atoms. The zero-order valence-corrected chi connectivity index (χ0v) is 29.2. The van der Waals surface area contributed by atoms with Gasteiger partial charge in [-0.25, -0.2) is 4.98 Å². The number of aliphatic hydroxyl groups is 1. The number of aryl methyl sites for hydroxylation is 1. The summed E-state index contributed by atoms with van der Waals surface area (Å²) in [5, 5.41) is 27.2. The first-order valence-corrected chi connectivity index (χ1v) is 18.6. The summed E-state index contributed by atoms with van der Waals surface area (Å²) < 4.78 is 13.8. The summed E-state index contributed by atoms with van der Waals surface area (Å²) in [5.41, 5.74) is 3.56. The molecule has 262 valence electrons. The van der Waals surface area contributed by atoms with E-state index < -0.39 is 11.6 Å². The molecule has 0 radical (unpaired) electrons. The monoisotopic (exact) mass is 660 g/mol. The van der Waals surface area contributed by atoms with Gasteiger partial charge in [-0.3, -0.25) is 4.79 Å². The lowest BCUT2D eigenvalue weighted by atomic mass is 9.85. The van der Waals surface area contributed by atoms with Crippen molar-refractivity contribution in [2.75, 3.05) is 37.0 Å². The third-order valence-corrected chi connectivity index (χ3v) is 10.5. The van der Waals surface area contributed by atoms with Gasteiger partial charge in [-0.1, -0.05) is 70.9 Å². The van der Waals surface area contributed by atoms with Gasteiger partial charge in [0.15, 0.2) is 5.65 Å². The van der Waals surface area contributed by atoms with E-state index in [1.807, 2.05) is 35.8 Å². The van der Waals surface area contributed by atoms with Gasteiger partial charge < -0.3 is 30.5 Å². The summed E-state index contributed by atoms with van der Waals surface area (Å²) in [4.78, 5) is 18.0. The lowest BCUT2D eigenvalue weighted by molar-refractivity contribution is 0.0305. The van der Waals surface area contributed by atoms with Crippen LogP contribution in [0.4, 0.5) is 11.6 Å². The number of nitrogens with one attached hydrogen (secondary N) is 3. The van der Waals surface area contributed by atoms with E-state index in [1.165, 1.54) is 12.8 Å². The molecule has 1 aliphatic carbocycles. The molecule has 3 aromatic rings. The molecule has 10 nitrogen and oxygen atoms in total. The van der Waals surface area contributed by atoms with Crippen LogP contribution in [0.25, 0.3) is 16.8 Å². The first-order chi connectivity index (χ1) is 23.4. The third-order valence-electron chi connectivity index (χ3n) is 10.5. The summed E-state index contributed by atoms with van der Waals surface area (Å²) in [6, 6.07) is 8.30. The number of aromatic nitrogens is 3. The fraction of sp³-hybridized carbons (Fsp3) is 0.658. The highest BCUT2D eigenvalue weighted by atomic mass is 16.5. The molecule has 3 atom stereocenters. The zero-order chi connectivity index (χ0) is 33.5. The van der Waals surface area contributed by atoms with Crippen molar-refractivity contribution in [2.24, 2.45) is 5.92 Å². The number of carbonyl (C=O) groups excluding carboxylic acids is 1. The summed E-state index contributed by atoms with van der Waals surface area (Å²) >= 11 is 0. The Morgan fingerprint density at radius 1 is 1.04 bits per heavy atom. The molecule has 2 saturated heterocycles. The quantitative estimate of drug-likeness (QED) is 0.115. The fourth-order valence-corrected chi connectivity index (χ4v) is 7.27. The Morgan fingerprint density at radius 2 is 1.83 bits per heavy atom. The largest absolute Gasteiger partial charge is 0.388 e. The number of unbranched alkanes of at least 4 members (excludes halogenated alkanes) is 5. The predicted octanol–water partition coefficient (Wildman–Crippen LogP) is 6.90. The first-order valence-electron chi connectivity index (χ1n) is 18.6. The van der Waals surface area contributed by atoms with E-state index in [-0.39, 0.29) is 12.0 Å². The number of rotatable bonds is 17. The number of fused-ring (bicyclic) bond motifs is 1. The molecule has 10 heteroatoms. The number of aliphatic hydroxyl groups excluding tert-OH is 1. The van der Waals surface area contributed by atoms with Crippen LogP contribution in [0.15, 0.2) is 30.5 Å². The summed E-state index contributed by atoms with van der Waals surface area (Å²) in [6.45, 7) is 9.26. The van der Waals surface area contributed by atoms with Crippen LogP contribution in [0, 0.1) is 12.8 Å². The van der Waals surface area contributed by atoms with Crippen LogP contribution in [0.1, 0.15) is 113 Å². The molecule has 3 aliphatic rings. The number of carbonyl (C=O) groups is 1. The van der Waals surface area contributed by atoms with E-state index in [2.05, 4.69) is 35.9 Å². The molecule has 1 unspecified atom stereocenters. The van der Waals surface area contributed by atoms with Crippen LogP contribution >= 0.6 is 0 Å². The number of ether oxygens (including phenoxy) is 2. The Morgan fingerprint density at radius 3 is 2.58 bits per heavy atom. The van der Waals surface area contributed by atoms with E-state index in [0.717, 1.165) is 119 Å². The van der Waals surface area contributed by atoms with Gasteiger partial charge in [0.1, 0.15) is 17.7 Å². The predicted molar refractivity (Wildman–Crippen MR) is 191 cm³/mol. The van der Waals surface area contributed by atoms with Crippen molar-refractivity contribution in [2.45, 2.75) is 128 Å². The van der Waals surface area contributed by atoms with Gasteiger partial charge in [-0.2, -0.15) is 9.61 Å². The van der Waals surface area contributed by atoms with Gasteiger partial charge in [0.05, 0.1) is 24.4 Å². The smallest absolute Gasteiger partial charge is 0.251 e. The molecule has 4 N–H and O–H groups in total. The number of hydrogen-bond acceptors (Lipinski definition) is 8. The highest BCUT2D eigenvalue weighted by Crippen LogP contribution is 2.37. The van der Waals surface area contributed by atoms with E-state index in [0.29, 0.717) is 29.9 Å². The average Bonchev–Trinajstić information content (AvgIpc) is 3.72. The van der Waals surface area contributed by atoms with E-state index >= 15 is 0 Å². The Kier molecular flexibility index (Phi) is 11.5. The van der Waals surface area contributed by atoms with Crippen LogP contribution in [-0.4, -0.2) is 75.8 Å². The van der Waals surface area contributed by atoms with Crippen molar-refractivity contribution >= 4 is 23.2 Å². The second-order valence-electron chi connectivity index (χ2n) is 14.4. The Labute approximate surface area is 285 Å². The Bertz CT molecular complexity index is 1520. The highest BCUT2D eigenvalue weighted by molar-refractivity contribution is 5.97. The molecule has 2 aromatic heterocycles. The van der Waals surface area contributed by atoms with Gasteiger partial charge in [0.2, 0.25) is 0 Å². The van der Waals surface area contributed by atoms with E-state index in [1.54, 1.807) is 0 Å². The average molecular weight is 661 g/mol. The van der Waals surface area contributed by atoms with Crippen molar-refractivity contribution in [3.8, 4) is 11.1 Å². The summed E-state index contributed by atoms with van der Waals surface area (Å²) in [6.07, 6.45) is 14.7. The second-order valence-corrected chi connectivity index (χ2v) is 14.4.